The van der Waals surface area contributed by atoms with E-state index in [1.54, 1.807) is 79.7 Å². The number of ether oxygens (including phenoxy) is 1. The Morgan fingerprint density at radius 3 is 2.27 bits per heavy atom. The first-order chi connectivity index (χ1) is 23.4. The summed E-state index contributed by atoms with van der Waals surface area (Å²) in [6.07, 6.45) is -3.21. The van der Waals surface area contributed by atoms with Crippen LogP contribution < -0.4 is 21.5 Å². The number of aryl methyl sites for hydroxylation is 1. The monoisotopic (exact) mass is 675 g/mol. The number of hydrogen-bond donors (Lipinski definition) is 4. The predicted octanol–water partition coefficient (Wildman–Crippen LogP) is 4.46. The Balaban J connectivity index is 1.49. The van der Waals surface area contributed by atoms with E-state index in [1.165, 1.54) is 26.0 Å². The smallest absolute Gasteiger partial charge is 0.412 e. The van der Waals surface area contributed by atoms with Crippen molar-refractivity contribution in [2.45, 2.75) is 58.4 Å². The van der Waals surface area contributed by atoms with Gasteiger partial charge in [0.1, 0.15) is 24.9 Å². The molecule has 0 radical (unpaired) electrons. The van der Waals surface area contributed by atoms with Crippen LogP contribution in [0.1, 0.15) is 30.8 Å². The van der Waals surface area contributed by atoms with Crippen LogP contribution in [-0.2, 0) is 33.9 Å². The zero-order valence-electron chi connectivity index (χ0n) is 27.4. The molecule has 49 heavy (non-hydrogen) atoms. The number of nitrogens with zero attached hydrogens (tertiary/aromatic N) is 2. The Bertz CT molecular complexity index is 1800. The lowest BCUT2D eigenvalue weighted by molar-refractivity contribution is -0.169. The molecule has 2 aromatic heterocycles. The molecule has 2 unspecified atom stereocenters. The number of pyridine rings is 2. The normalized spacial score (nSPS) is 12.6. The molecule has 0 bridgehead atoms. The number of nitrogens with one attached hydrogen (secondary N) is 3. The number of benzene rings is 2. The van der Waals surface area contributed by atoms with E-state index in [9.17, 15) is 24.3 Å². The van der Waals surface area contributed by atoms with Crippen molar-refractivity contribution in [2.24, 2.45) is 5.92 Å². The highest BCUT2D eigenvalue weighted by atomic mass is 19.3. The first-order valence-electron chi connectivity index (χ1n) is 15.7. The molecular formula is C36H39F2N5O6. The molecule has 0 spiro atoms. The van der Waals surface area contributed by atoms with E-state index < -0.39 is 54.0 Å². The first-order valence-corrected chi connectivity index (χ1v) is 15.7. The average Bonchev–Trinajstić information content (AvgIpc) is 3.08. The van der Waals surface area contributed by atoms with Gasteiger partial charge in [-0.25, -0.2) is 4.79 Å². The van der Waals surface area contributed by atoms with Crippen LogP contribution in [0.25, 0.3) is 11.3 Å². The van der Waals surface area contributed by atoms with Crippen molar-refractivity contribution in [1.82, 2.24) is 20.2 Å². The van der Waals surface area contributed by atoms with Crippen LogP contribution in [0, 0.1) is 12.8 Å². The number of amides is 3. The maximum Gasteiger partial charge on any atom is 0.412 e. The maximum atomic E-state index is 15.2. The Kier molecular flexibility index (Phi) is 12.3. The Morgan fingerprint density at radius 1 is 0.939 bits per heavy atom. The van der Waals surface area contributed by atoms with Crippen LogP contribution >= 0.6 is 0 Å². The highest BCUT2D eigenvalue weighted by Crippen LogP contribution is 2.25. The van der Waals surface area contributed by atoms with Gasteiger partial charge in [0.25, 0.3) is 11.5 Å². The standard InChI is InChI=1S/C36H39F2N5O6/c1-23(2)31(32(45)36(37,38)34(47)39-20-19-25-12-6-4-7-13-25)42-30(44)21-43-29(26-14-8-5-9-15-26)18-17-28(33(43)46)41-35(48)49-22-27-16-10-11-24(3)40-27/h4-18,23,31-32,45H,19-22H2,1-3H3,(H,39,47)(H,41,48)(H,42,44). The fourth-order valence-corrected chi connectivity index (χ4v) is 5.08. The lowest BCUT2D eigenvalue weighted by Gasteiger charge is -2.32. The van der Waals surface area contributed by atoms with Gasteiger partial charge in [-0.2, -0.15) is 8.78 Å². The summed E-state index contributed by atoms with van der Waals surface area (Å²) in [4.78, 5) is 56.3. The second kappa shape index (κ2) is 16.6. The quantitative estimate of drug-likeness (QED) is 0.154. The van der Waals surface area contributed by atoms with Gasteiger partial charge in [-0.05, 0) is 54.7 Å². The topological polar surface area (TPSA) is 152 Å². The van der Waals surface area contributed by atoms with Gasteiger partial charge in [0.2, 0.25) is 5.91 Å². The molecule has 0 fully saturated rings. The number of aliphatic hydroxyl groups is 1. The van der Waals surface area contributed by atoms with Crippen LogP contribution in [-0.4, -0.2) is 57.2 Å². The molecule has 0 saturated carbocycles. The van der Waals surface area contributed by atoms with E-state index in [4.69, 9.17) is 4.74 Å². The van der Waals surface area contributed by atoms with Crippen LogP contribution in [0.5, 0.6) is 0 Å². The third-order valence-corrected chi connectivity index (χ3v) is 7.68. The van der Waals surface area contributed by atoms with Crippen LogP contribution in [0.15, 0.2) is 95.8 Å². The van der Waals surface area contributed by atoms with Crippen molar-refractivity contribution in [2.75, 3.05) is 11.9 Å². The molecule has 4 N–H and O–H groups in total. The van der Waals surface area contributed by atoms with Crippen molar-refractivity contribution in [3.63, 3.8) is 0 Å². The highest BCUT2D eigenvalue weighted by Gasteiger charge is 2.51. The molecule has 0 aliphatic carbocycles. The Morgan fingerprint density at radius 2 is 1.61 bits per heavy atom. The van der Waals surface area contributed by atoms with Gasteiger partial charge in [0.05, 0.1) is 17.4 Å². The lowest BCUT2D eigenvalue weighted by Crippen LogP contribution is -2.59. The Hall–Kier alpha value is -5.43. The third kappa shape index (κ3) is 9.80. The third-order valence-electron chi connectivity index (χ3n) is 7.68. The average molecular weight is 676 g/mol. The van der Waals surface area contributed by atoms with Crippen molar-refractivity contribution >= 4 is 23.6 Å². The number of anilines is 1. The molecule has 0 aliphatic rings. The van der Waals surface area contributed by atoms with Crippen LogP contribution in [0.4, 0.5) is 19.3 Å². The van der Waals surface area contributed by atoms with Gasteiger partial charge in [0, 0.05) is 12.2 Å². The number of alkyl halides is 2. The second-order valence-corrected chi connectivity index (χ2v) is 11.8. The Labute approximate surface area is 282 Å². The van der Waals surface area contributed by atoms with Crippen molar-refractivity contribution in [3.05, 3.63) is 118 Å². The van der Waals surface area contributed by atoms with E-state index in [0.717, 1.165) is 15.8 Å². The maximum absolute atomic E-state index is 15.2. The van der Waals surface area contributed by atoms with Gasteiger partial charge in [-0.3, -0.25) is 29.3 Å². The summed E-state index contributed by atoms with van der Waals surface area (Å²) in [6, 6.07) is 24.1. The number of rotatable bonds is 14. The largest absolute Gasteiger partial charge is 0.443 e. The minimum atomic E-state index is -4.25. The van der Waals surface area contributed by atoms with E-state index in [1.807, 2.05) is 6.07 Å². The van der Waals surface area contributed by atoms with Crippen molar-refractivity contribution in [1.29, 1.82) is 0 Å². The number of carbonyl (C=O) groups excluding carboxylic acids is 3. The minimum Gasteiger partial charge on any atom is -0.443 e. The van der Waals surface area contributed by atoms with Crippen molar-refractivity contribution in [3.8, 4) is 11.3 Å². The number of halogens is 2. The number of aromatic nitrogens is 2. The van der Waals surface area contributed by atoms with Crippen LogP contribution in [0.2, 0.25) is 0 Å². The number of carbonyl (C=O) groups is 3. The summed E-state index contributed by atoms with van der Waals surface area (Å²) in [6.45, 7) is 3.89. The summed E-state index contributed by atoms with van der Waals surface area (Å²) in [5.74, 6) is -7.55. The molecular weight excluding hydrogens is 636 g/mol. The molecule has 4 rings (SSSR count). The summed E-state index contributed by atoms with van der Waals surface area (Å²) in [5, 5.41) is 17.7. The van der Waals surface area contributed by atoms with E-state index >= 15 is 8.78 Å². The van der Waals surface area contributed by atoms with E-state index in [-0.39, 0.29) is 18.8 Å². The second-order valence-electron chi connectivity index (χ2n) is 11.8. The van der Waals surface area contributed by atoms with Crippen molar-refractivity contribution < 1.29 is 33.0 Å². The molecule has 2 atom stereocenters. The molecule has 3 amide bonds. The fraction of sp³-hybridized carbons (Fsp3) is 0.306. The molecule has 0 saturated heterocycles. The van der Waals surface area contributed by atoms with Gasteiger partial charge in [-0.1, -0.05) is 80.6 Å². The molecule has 13 heteroatoms. The van der Waals surface area contributed by atoms with Gasteiger partial charge < -0.3 is 20.5 Å². The lowest BCUT2D eigenvalue weighted by atomic mass is 9.93. The van der Waals surface area contributed by atoms with E-state index in [0.29, 0.717) is 23.4 Å². The van der Waals surface area contributed by atoms with Gasteiger partial charge in [-0.15, -0.1) is 0 Å². The van der Waals surface area contributed by atoms with E-state index in [2.05, 4.69) is 20.9 Å². The van der Waals surface area contributed by atoms with Crippen LogP contribution in [0.3, 0.4) is 0 Å². The summed E-state index contributed by atoms with van der Waals surface area (Å²) in [7, 11) is 0. The molecule has 258 valence electrons. The zero-order chi connectivity index (χ0) is 35.6. The number of aliphatic hydroxyl groups excluding tert-OH is 1. The summed E-state index contributed by atoms with van der Waals surface area (Å²) >= 11 is 0. The molecule has 0 aliphatic heterocycles. The summed E-state index contributed by atoms with van der Waals surface area (Å²) < 4.78 is 36.7. The number of hydrogen-bond acceptors (Lipinski definition) is 7. The SMILES string of the molecule is Cc1cccc(COC(=O)Nc2ccc(-c3ccccc3)n(CC(=O)NC(C(C)C)C(O)C(F)(F)C(=O)NCCc3ccccc3)c2=O)n1. The van der Waals surface area contributed by atoms with Gasteiger partial charge in [0.15, 0.2) is 0 Å². The summed E-state index contributed by atoms with van der Waals surface area (Å²) in [5.41, 5.74) is 1.96. The first kappa shape index (κ1) is 36.4. The highest BCUT2D eigenvalue weighted by molar-refractivity contribution is 5.85. The molecule has 4 aromatic rings. The molecule has 2 heterocycles. The van der Waals surface area contributed by atoms with Gasteiger partial charge >= 0.3 is 12.0 Å². The molecule has 2 aromatic carbocycles. The fourth-order valence-electron chi connectivity index (χ4n) is 5.08. The molecule has 11 nitrogen and oxygen atoms in total. The zero-order valence-corrected chi connectivity index (χ0v) is 27.4. The minimum absolute atomic E-state index is 0.0875. The predicted molar refractivity (Wildman–Crippen MR) is 180 cm³/mol.